The third kappa shape index (κ3) is 3.38. The number of nitrogens with one attached hydrogen (secondary N) is 1. The van der Waals surface area contributed by atoms with Gasteiger partial charge < -0.3 is 10.6 Å². The second-order valence-corrected chi connectivity index (χ2v) is 6.51. The molecular formula is C19H19FN6O. The Balaban J connectivity index is 1.77. The predicted molar refractivity (Wildman–Crippen MR) is 98.1 cm³/mol. The van der Waals surface area contributed by atoms with Crippen LogP contribution in [-0.4, -0.2) is 37.5 Å². The number of nitrogens with two attached hydrogens (primary N) is 1. The maximum Gasteiger partial charge on any atom is 0.272 e. The van der Waals surface area contributed by atoms with Gasteiger partial charge in [0.05, 0.1) is 11.7 Å². The number of hydrogen-bond donors (Lipinski definition) is 2. The second-order valence-electron chi connectivity index (χ2n) is 6.51. The Labute approximate surface area is 155 Å². The van der Waals surface area contributed by atoms with Crippen molar-refractivity contribution in [2.24, 2.45) is 0 Å². The normalized spacial score (nSPS) is 17.1. The molecule has 1 aromatic carbocycles. The van der Waals surface area contributed by atoms with E-state index in [4.69, 9.17) is 5.73 Å². The second kappa shape index (κ2) is 7.14. The van der Waals surface area contributed by atoms with E-state index >= 15 is 0 Å². The molecule has 8 heteroatoms. The number of nitrogen functional groups attached to an aromatic ring is 1. The van der Waals surface area contributed by atoms with Gasteiger partial charge >= 0.3 is 0 Å². The van der Waals surface area contributed by atoms with Crippen LogP contribution in [0, 0.1) is 5.82 Å². The van der Waals surface area contributed by atoms with Crippen LogP contribution in [-0.2, 0) is 0 Å². The van der Waals surface area contributed by atoms with Gasteiger partial charge in [-0.1, -0.05) is 12.1 Å². The van der Waals surface area contributed by atoms with Gasteiger partial charge in [0.1, 0.15) is 11.5 Å². The van der Waals surface area contributed by atoms with Gasteiger partial charge in [-0.15, -0.1) is 0 Å². The summed E-state index contributed by atoms with van der Waals surface area (Å²) in [5.74, 6) is -0.291. The van der Waals surface area contributed by atoms with Crippen molar-refractivity contribution in [3.63, 3.8) is 0 Å². The third-order valence-electron chi connectivity index (χ3n) is 4.80. The molecule has 0 aliphatic carbocycles. The third-order valence-corrected chi connectivity index (χ3v) is 4.80. The Morgan fingerprint density at radius 3 is 2.78 bits per heavy atom. The number of likely N-dealkylation sites (tertiary alicyclic amines) is 1. The topological polar surface area (TPSA) is 101 Å². The van der Waals surface area contributed by atoms with E-state index < -0.39 is 0 Å². The number of rotatable bonds is 3. The molecule has 1 amide bonds. The minimum atomic E-state index is -0.314. The number of H-pyrrole nitrogens is 1. The van der Waals surface area contributed by atoms with E-state index in [9.17, 15) is 9.18 Å². The van der Waals surface area contributed by atoms with Crippen molar-refractivity contribution < 1.29 is 9.18 Å². The smallest absolute Gasteiger partial charge is 0.272 e. The van der Waals surface area contributed by atoms with Crippen LogP contribution in [0.25, 0.3) is 11.1 Å². The van der Waals surface area contributed by atoms with Crippen LogP contribution in [0.5, 0.6) is 0 Å². The zero-order valence-corrected chi connectivity index (χ0v) is 14.6. The maximum atomic E-state index is 13.3. The molecule has 1 atom stereocenters. The molecule has 1 unspecified atom stereocenters. The van der Waals surface area contributed by atoms with E-state index in [-0.39, 0.29) is 23.7 Å². The molecule has 3 heterocycles. The molecule has 0 radical (unpaired) electrons. The fourth-order valence-electron chi connectivity index (χ4n) is 3.50. The average Bonchev–Trinajstić information content (AvgIpc) is 3.23. The van der Waals surface area contributed by atoms with Crippen molar-refractivity contribution in [1.29, 1.82) is 0 Å². The number of amides is 1. The van der Waals surface area contributed by atoms with E-state index in [2.05, 4.69) is 20.2 Å². The van der Waals surface area contributed by atoms with Gasteiger partial charge in [-0.2, -0.15) is 5.10 Å². The van der Waals surface area contributed by atoms with Gasteiger partial charge in [-0.05, 0) is 43.0 Å². The number of benzene rings is 1. The van der Waals surface area contributed by atoms with Gasteiger partial charge in [0.15, 0.2) is 0 Å². The summed E-state index contributed by atoms with van der Waals surface area (Å²) < 4.78 is 13.3. The molecule has 3 N–H and O–H groups in total. The number of aromatic amines is 1. The van der Waals surface area contributed by atoms with Crippen molar-refractivity contribution in [3.05, 3.63) is 59.9 Å². The SMILES string of the molecule is Nc1ncc(-c2ccc(F)cc2)c(C2CCCCN2C(=O)c2ccn[nH]2)n1. The molecule has 1 saturated heterocycles. The van der Waals surface area contributed by atoms with Crippen LogP contribution in [0.2, 0.25) is 0 Å². The average molecular weight is 366 g/mol. The number of carbonyl (C=O) groups is 1. The highest BCUT2D eigenvalue weighted by Crippen LogP contribution is 2.36. The highest BCUT2D eigenvalue weighted by atomic mass is 19.1. The molecular weight excluding hydrogens is 347 g/mol. The Hall–Kier alpha value is -3.29. The number of anilines is 1. The largest absolute Gasteiger partial charge is 0.368 e. The number of nitrogens with zero attached hydrogens (tertiary/aromatic N) is 4. The maximum absolute atomic E-state index is 13.3. The van der Waals surface area contributed by atoms with Crippen LogP contribution < -0.4 is 5.73 Å². The Morgan fingerprint density at radius 2 is 2.04 bits per heavy atom. The molecule has 0 spiro atoms. The highest BCUT2D eigenvalue weighted by Gasteiger charge is 2.32. The van der Waals surface area contributed by atoms with Crippen molar-refractivity contribution in [2.75, 3.05) is 12.3 Å². The molecule has 1 fully saturated rings. The lowest BCUT2D eigenvalue weighted by atomic mass is 9.93. The lowest BCUT2D eigenvalue weighted by Crippen LogP contribution is -2.39. The Morgan fingerprint density at radius 1 is 1.22 bits per heavy atom. The van der Waals surface area contributed by atoms with Crippen molar-refractivity contribution in [2.45, 2.75) is 25.3 Å². The first-order chi connectivity index (χ1) is 13.1. The number of hydrogen-bond acceptors (Lipinski definition) is 5. The number of aromatic nitrogens is 4. The highest BCUT2D eigenvalue weighted by molar-refractivity contribution is 5.92. The standard InChI is InChI=1S/C19H19FN6O/c20-13-6-4-12(5-7-13)14-11-22-19(21)24-17(14)16-3-1-2-10-26(16)18(27)15-8-9-23-25-15/h4-9,11,16H,1-3,10H2,(H,23,25)(H2,21,22,24). The first kappa shape index (κ1) is 17.1. The lowest BCUT2D eigenvalue weighted by Gasteiger charge is -2.36. The first-order valence-corrected chi connectivity index (χ1v) is 8.82. The Kier molecular flexibility index (Phi) is 4.53. The molecule has 3 aromatic rings. The van der Waals surface area contributed by atoms with Crippen LogP contribution in [0.15, 0.2) is 42.7 Å². The van der Waals surface area contributed by atoms with Gasteiger partial charge in [-0.3, -0.25) is 9.89 Å². The number of halogens is 1. The van der Waals surface area contributed by atoms with Crippen LogP contribution in [0.4, 0.5) is 10.3 Å². The minimum Gasteiger partial charge on any atom is -0.368 e. The summed E-state index contributed by atoms with van der Waals surface area (Å²) in [6, 6.07) is 7.56. The zero-order chi connectivity index (χ0) is 18.8. The molecule has 7 nitrogen and oxygen atoms in total. The van der Waals surface area contributed by atoms with E-state index in [0.29, 0.717) is 17.9 Å². The Bertz CT molecular complexity index is 941. The fraction of sp³-hybridized carbons (Fsp3) is 0.263. The summed E-state index contributed by atoms with van der Waals surface area (Å²) >= 11 is 0. The van der Waals surface area contributed by atoms with Crippen LogP contribution in [0.1, 0.15) is 41.5 Å². The summed E-state index contributed by atoms with van der Waals surface area (Å²) in [5.41, 5.74) is 8.50. The molecule has 1 aliphatic rings. The summed E-state index contributed by atoms with van der Waals surface area (Å²) in [6.45, 7) is 0.620. The van der Waals surface area contributed by atoms with E-state index in [0.717, 1.165) is 30.4 Å². The minimum absolute atomic E-state index is 0.126. The monoisotopic (exact) mass is 366 g/mol. The molecule has 2 aromatic heterocycles. The van der Waals surface area contributed by atoms with Crippen LogP contribution in [0.3, 0.4) is 0 Å². The number of carbonyl (C=O) groups excluding carboxylic acids is 1. The lowest BCUT2D eigenvalue weighted by molar-refractivity contribution is 0.0600. The van der Waals surface area contributed by atoms with E-state index in [1.54, 1.807) is 35.5 Å². The summed E-state index contributed by atoms with van der Waals surface area (Å²) in [5, 5.41) is 6.60. The van der Waals surface area contributed by atoms with Crippen molar-refractivity contribution in [1.82, 2.24) is 25.1 Å². The summed E-state index contributed by atoms with van der Waals surface area (Å²) in [6.07, 6.45) is 5.86. The first-order valence-electron chi connectivity index (χ1n) is 8.82. The van der Waals surface area contributed by atoms with Gasteiger partial charge in [0.25, 0.3) is 5.91 Å². The van der Waals surface area contributed by atoms with E-state index in [1.165, 1.54) is 12.1 Å². The molecule has 1 aliphatic heterocycles. The fourth-order valence-corrected chi connectivity index (χ4v) is 3.50. The van der Waals surface area contributed by atoms with Crippen molar-refractivity contribution >= 4 is 11.9 Å². The molecule has 4 rings (SSSR count). The van der Waals surface area contributed by atoms with Gasteiger partial charge in [0, 0.05) is 24.5 Å². The zero-order valence-electron chi connectivity index (χ0n) is 14.6. The van der Waals surface area contributed by atoms with Crippen molar-refractivity contribution in [3.8, 4) is 11.1 Å². The molecule has 0 bridgehead atoms. The quantitative estimate of drug-likeness (QED) is 0.742. The van der Waals surface area contributed by atoms with E-state index in [1.807, 2.05) is 0 Å². The van der Waals surface area contributed by atoms with Gasteiger partial charge in [-0.25, -0.2) is 14.4 Å². The molecule has 0 saturated carbocycles. The molecule has 138 valence electrons. The van der Waals surface area contributed by atoms with Gasteiger partial charge in [0.2, 0.25) is 5.95 Å². The van der Waals surface area contributed by atoms with Crippen LogP contribution >= 0.6 is 0 Å². The molecule has 27 heavy (non-hydrogen) atoms. The number of piperidine rings is 1. The predicted octanol–water partition coefficient (Wildman–Crippen LogP) is 2.96. The summed E-state index contributed by atoms with van der Waals surface area (Å²) in [7, 11) is 0. The summed E-state index contributed by atoms with van der Waals surface area (Å²) in [4.78, 5) is 23.3.